The molecule has 4 bridgehead atoms. The molecule has 5 saturated carbocycles. The number of thiophene rings is 1. The first kappa shape index (κ1) is 18.6. The van der Waals surface area contributed by atoms with Gasteiger partial charge in [0.15, 0.2) is 0 Å². The Bertz CT molecular complexity index is 822. The van der Waals surface area contributed by atoms with Crippen molar-refractivity contribution in [1.82, 2.24) is 5.32 Å². The van der Waals surface area contributed by atoms with Crippen LogP contribution in [0, 0.1) is 23.2 Å². The molecular weight excluding hydrogens is 398 g/mol. The molecule has 7 nitrogen and oxygen atoms in total. The Hall–Kier alpha value is -1.45. The van der Waals surface area contributed by atoms with Gasteiger partial charge in [0.25, 0.3) is 11.3 Å². The van der Waals surface area contributed by atoms with E-state index < -0.39 is 16.8 Å². The summed E-state index contributed by atoms with van der Waals surface area (Å²) in [5.74, 6) is 0.728. The number of anilines is 1. The summed E-state index contributed by atoms with van der Waals surface area (Å²) < 4.78 is 23.3. The predicted octanol–water partition coefficient (Wildman–Crippen LogP) is 2.02. The number of rotatable bonds is 6. The van der Waals surface area contributed by atoms with Crippen LogP contribution in [0.25, 0.3) is 0 Å². The van der Waals surface area contributed by atoms with Crippen molar-refractivity contribution < 1.29 is 18.4 Å². The summed E-state index contributed by atoms with van der Waals surface area (Å²) in [6, 6.07) is 3.62. The van der Waals surface area contributed by atoms with Gasteiger partial charge in [0.2, 0.25) is 11.8 Å². The Morgan fingerprint density at radius 2 is 1.93 bits per heavy atom. The molecule has 152 valence electrons. The van der Waals surface area contributed by atoms with Crippen molar-refractivity contribution in [2.45, 2.75) is 56.5 Å². The molecule has 3 unspecified atom stereocenters. The van der Waals surface area contributed by atoms with Crippen LogP contribution in [-0.2, 0) is 20.9 Å². The van der Waals surface area contributed by atoms with E-state index in [0.717, 1.165) is 32.1 Å². The number of hydrogen-bond donors (Lipinski definition) is 3. The second-order valence-corrected chi connectivity index (χ2v) is 10.9. The minimum atomic E-state index is -2.26. The molecule has 2 amide bonds. The Kier molecular flexibility index (Phi) is 4.16. The molecule has 5 aliphatic rings. The summed E-state index contributed by atoms with van der Waals surface area (Å²) in [6.45, 7) is 0. The van der Waals surface area contributed by atoms with Crippen LogP contribution in [-0.4, -0.2) is 32.2 Å². The summed E-state index contributed by atoms with van der Waals surface area (Å²) in [5.41, 5.74) is 4.42. The van der Waals surface area contributed by atoms with E-state index in [-0.39, 0.29) is 35.1 Å². The van der Waals surface area contributed by atoms with Gasteiger partial charge in [-0.1, -0.05) is 0 Å². The summed E-state index contributed by atoms with van der Waals surface area (Å²) in [7, 11) is 0. The van der Waals surface area contributed by atoms with Gasteiger partial charge in [-0.3, -0.25) is 14.1 Å². The minimum absolute atomic E-state index is 0.0336. The molecular formula is C19H25N3O4S2. The fourth-order valence-corrected chi connectivity index (χ4v) is 8.13. The van der Waals surface area contributed by atoms with Gasteiger partial charge < -0.3 is 11.1 Å². The van der Waals surface area contributed by atoms with Crippen molar-refractivity contribution in [3.63, 3.8) is 0 Å². The zero-order chi connectivity index (χ0) is 19.7. The molecule has 3 atom stereocenters. The van der Waals surface area contributed by atoms with E-state index >= 15 is 0 Å². The van der Waals surface area contributed by atoms with Crippen molar-refractivity contribution in [2.75, 3.05) is 4.31 Å². The van der Waals surface area contributed by atoms with E-state index in [1.807, 2.05) is 11.4 Å². The number of nitrogens with zero attached hydrogens (tertiary/aromatic N) is 1. The molecule has 9 heteroatoms. The van der Waals surface area contributed by atoms with Gasteiger partial charge in [0.05, 0.1) is 0 Å². The molecule has 1 heterocycles. The maximum absolute atomic E-state index is 13.3. The third kappa shape index (κ3) is 2.66. The summed E-state index contributed by atoms with van der Waals surface area (Å²) >= 11 is -0.905. The van der Waals surface area contributed by atoms with Gasteiger partial charge in [-0.2, -0.15) is 0 Å². The zero-order valence-electron chi connectivity index (χ0n) is 15.5. The highest BCUT2D eigenvalue weighted by Crippen LogP contribution is 2.60. The van der Waals surface area contributed by atoms with Crippen molar-refractivity contribution in [1.29, 1.82) is 0 Å². The van der Waals surface area contributed by atoms with Crippen molar-refractivity contribution in [2.24, 2.45) is 28.9 Å². The summed E-state index contributed by atoms with van der Waals surface area (Å²) in [5, 5.41) is 5.71. The maximum Gasteiger partial charge on any atom is 0.263 e. The number of amides is 2. The molecule has 0 saturated heterocycles. The van der Waals surface area contributed by atoms with Crippen LogP contribution >= 0.6 is 11.3 Å². The highest BCUT2D eigenvalue weighted by atomic mass is 32.2. The third-order valence-corrected chi connectivity index (χ3v) is 9.32. The van der Waals surface area contributed by atoms with Crippen LogP contribution in [0.4, 0.5) is 5.00 Å². The first-order valence-corrected chi connectivity index (χ1v) is 11.8. The van der Waals surface area contributed by atoms with Crippen molar-refractivity contribution in [3.05, 3.63) is 17.5 Å². The molecule has 1 aromatic rings. The molecule has 0 spiro atoms. The lowest BCUT2D eigenvalue weighted by Crippen LogP contribution is -2.64. The summed E-state index contributed by atoms with van der Waals surface area (Å²) in [4.78, 5) is 25.4. The monoisotopic (exact) mass is 423 g/mol. The lowest BCUT2D eigenvalue weighted by molar-refractivity contribution is -0.147. The van der Waals surface area contributed by atoms with Crippen LogP contribution in [0.2, 0.25) is 0 Å². The van der Waals surface area contributed by atoms with Crippen LogP contribution in [0.1, 0.15) is 44.9 Å². The first-order chi connectivity index (χ1) is 13.3. The lowest BCUT2D eigenvalue weighted by Gasteiger charge is -2.59. The molecule has 6 rings (SSSR count). The fourth-order valence-electron chi connectivity index (χ4n) is 6.31. The standard InChI is InChI=1S/C19H25N3O4S2/c20-16(23)18-8-11-6-12(9-18)15(13(7-11)10-18)21-17(24)19(3-4-19)22(28(25)26)14-2-1-5-27-14/h1-2,5,11-13,15H,3-4,6-10H2,(H2,20,23)(H,21,24)(H,25,26). The second kappa shape index (κ2) is 6.27. The topological polar surface area (TPSA) is 113 Å². The lowest BCUT2D eigenvalue weighted by atomic mass is 9.47. The molecule has 0 aliphatic heterocycles. The Labute approximate surface area is 170 Å². The van der Waals surface area contributed by atoms with Gasteiger partial charge in [-0.25, -0.2) is 8.51 Å². The molecule has 5 fully saturated rings. The largest absolute Gasteiger partial charge is 0.369 e. The normalized spacial score (nSPS) is 38.0. The SMILES string of the molecule is NC(=O)C12CC3CC(C1)C(NC(=O)C1(N(c4cccs4)S(=O)O)CC1)C(C3)C2. The van der Waals surface area contributed by atoms with Gasteiger partial charge in [-0.15, -0.1) is 11.3 Å². The number of carbonyl (C=O) groups excluding carboxylic acids is 2. The zero-order valence-corrected chi connectivity index (χ0v) is 17.1. The van der Waals surface area contributed by atoms with E-state index in [0.29, 0.717) is 23.8 Å². The number of nitrogens with one attached hydrogen (secondary N) is 1. The van der Waals surface area contributed by atoms with E-state index in [2.05, 4.69) is 5.32 Å². The van der Waals surface area contributed by atoms with Crippen LogP contribution in [0.15, 0.2) is 17.5 Å². The number of nitrogens with two attached hydrogens (primary N) is 1. The highest BCUT2D eigenvalue weighted by molar-refractivity contribution is 7.81. The van der Waals surface area contributed by atoms with Crippen molar-refractivity contribution in [3.8, 4) is 0 Å². The smallest absolute Gasteiger partial charge is 0.263 e. The third-order valence-electron chi connectivity index (χ3n) is 7.49. The van der Waals surface area contributed by atoms with E-state index in [9.17, 15) is 18.4 Å². The quantitative estimate of drug-likeness (QED) is 0.608. The molecule has 4 N–H and O–H groups in total. The number of hydrogen-bond acceptors (Lipinski definition) is 4. The Balaban J connectivity index is 1.37. The number of carbonyl (C=O) groups is 2. The van der Waals surface area contributed by atoms with Gasteiger partial charge >= 0.3 is 0 Å². The van der Waals surface area contributed by atoms with E-state index in [4.69, 9.17) is 5.73 Å². The Morgan fingerprint density at radius 3 is 2.43 bits per heavy atom. The fraction of sp³-hybridized carbons (Fsp3) is 0.684. The minimum Gasteiger partial charge on any atom is -0.369 e. The van der Waals surface area contributed by atoms with Gasteiger partial charge in [0, 0.05) is 11.5 Å². The van der Waals surface area contributed by atoms with E-state index in [1.54, 1.807) is 6.07 Å². The summed E-state index contributed by atoms with van der Waals surface area (Å²) in [6.07, 6.45) is 5.61. The second-order valence-electron chi connectivity index (χ2n) is 9.12. The molecule has 0 aromatic carbocycles. The molecule has 28 heavy (non-hydrogen) atoms. The number of primary amides is 1. The van der Waals surface area contributed by atoms with Crippen LogP contribution in [0.5, 0.6) is 0 Å². The van der Waals surface area contributed by atoms with Crippen molar-refractivity contribution >= 4 is 39.4 Å². The van der Waals surface area contributed by atoms with Crippen LogP contribution < -0.4 is 15.4 Å². The van der Waals surface area contributed by atoms with Gasteiger partial charge in [0.1, 0.15) is 10.5 Å². The first-order valence-electron chi connectivity index (χ1n) is 9.90. The van der Waals surface area contributed by atoms with Gasteiger partial charge in [-0.05, 0) is 80.2 Å². The average Bonchev–Trinajstić information content (AvgIpc) is 3.24. The molecule has 0 radical (unpaired) electrons. The van der Waals surface area contributed by atoms with E-state index in [1.165, 1.54) is 15.6 Å². The van der Waals surface area contributed by atoms with Crippen LogP contribution in [0.3, 0.4) is 0 Å². The maximum atomic E-state index is 13.3. The molecule has 1 aromatic heterocycles. The average molecular weight is 424 g/mol. The highest BCUT2D eigenvalue weighted by Gasteiger charge is 2.61. The Morgan fingerprint density at radius 1 is 1.25 bits per heavy atom. The molecule has 5 aliphatic carbocycles. The predicted molar refractivity (Wildman–Crippen MR) is 107 cm³/mol.